The van der Waals surface area contributed by atoms with Gasteiger partial charge in [-0.1, -0.05) is 55.4 Å². The predicted molar refractivity (Wildman–Crippen MR) is 109 cm³/mol. The fraction of sp³-hybridized carbons (Fsp3) is 0.800. The molecule has 150 valence electrons. The lowest BCUT2D eigenvalue weighted by Crippen LogP contribution is -2.50. The number of likely N-dealkylation sites (tertiary alicyclic amines) is 1. The fourth-order valence-corrected chi connectivity index (χ4v) is 1.84. The van der Waals surface area contributed by atoms with Gasteiger partial charge in [-0.05, 0) is 6.92 Å². The lowest BCUT2D eigenvalue weighted by atomic mass is 10.0. The van der Waals surface area contributed by atoms with E-state index in [-0.39, 0.29) is 0 Å². The summed E-state index contributed by atoms with van der Waals surface area (Å²) in [5.74, 6) is 1.22. The van der Waals surface area contributed by atoms with Gasteiger partial charge >= 0.3 is 0 Å². The summed E-state index contributed by atoms with van der Waals surface area (Å²) in [6.07, 6.45) is 3.40. The van der Waals surface area contributed by atoms with Crippen LogP contribution in [0.5, 0.6) is 5.88 Å². The maximum atomic E-state index is 5.59. The summed E-state index contributed by atoms with van der Waals surface area (Å²) in [4.78, 5) is 10.7. The summed E-state index contributed by atoms with van der Waals surface area (Å²) >= 11 is 0. The van der Waals surface area contributed by atoms with Crippen molar-refractivity contribution in [1.29, 1.82) is 0 Å². The molecule has 1 fully saturated rings. The number of aromatic nitrogens is 2. The SMILES string of the molecule is CC.CC.CC.CC.COCCN1CC(COc2cnc(C)cn2)C1. The second kappa shape index (κ2) is 22.8. The predicted octanol–water partition coefficient (Wildman–Crippen LogP) is 4.85. The molecule has 0 atom stereocenters. The molecular weight excluding hydrogens is 314 g/mol. The third-order valence-electron chi connectivity index (χ3n) is 2.87. The number of nitrogens with zero attached hydrogens (tertiary/aromatic N) is 3. The van der Waals surface area contributed by atoms with E-state index in [9.17, 15) is 0 Å². The summed E-state index contributed by atoms with van der Waals surface area (Å²) in [5.41, 5.74) is 0.909. The lowest BCUT2D eigenvalue weighted by Gasteiger charge is -2.38. The standard InChI is InChI=1S/C12H19N3O2.4C2H6/c1-10-5-14-12(6-13-10)17-9-11-7-15(8-11)3-4-16-2;4*1-2/h5-6,11H,3-4,7-9H2,1-2H3;4*1-2H3. The number of methoxy groups -OCH3 is 1. The van der Waals surface area contributed by atoms with Crippen LogP contribution in [-0.2, 0) is 4.74 Å². The first-order chi connectivity index (χ1) is 12.3. The molecular formula is C20H43N3O2. The Labute approximate surface area is 157 Å². The Bertz CT molecular complexity index is 339. The van der Waals surface area contributed by atoms with Gasteiger partial charge in [-0.3, -0.25) is 4.98 Å². The van der Waals surface area contributed by atoms with Gasteiger partial charge in [-0.15, -0.1) is 0 Å². The Morgan fingerprint density at radius 3 is 1.96 bits per heavy atom. The quantitative estimate of drug-likeness (QED) is 0.728. The number of hydrogen-bond acceptors (Lipinski definition) is 5. The van der Waals surface area contributed by atoms with Crippen molar-refractivity contribution in [3.8, 4) is 5.88 Å². The van der Waals surface area contributed by atoms with Gasteiger partial charge in [0.05, 0.1) is 31.3 Å². The third kappa shape index (κ3) is 14.8. The van der Waals surface area contributed by atoms with Crippen molar-refractivity contribution < 1.29 is 9.47 Å². The lowest BCUT2D eigenvalue weighted by molar-refractivity contribution is 0.0386. The molecule has 1 aliphatic heterocycles. The average Bonchev–Trinajstić information content (AvgIpc) is 2.68. The zero-order valence-electron chi connectivity index (χ0n) is 18.4. The van der Waals surface area contributed by atoms with Gasteiger partial charge in [0.25, 0.3) is 0 Å². The van der Waals surface area contributed by atoms with E-state index in [1.54, 1.807) is 19.5 Å². The van der Waals surface area contributed by atoms with E-state index in [4.69, 9.17) is 9.47 Å². The topological polar surface area (TPSA) is 47.5 Å². The van der Waals surface area contributed by atoms with Gasteiger partial charge < -0.3 is 14.4 Å². The second-order valence-corrected chi connectivity index (χ2v) is 4.43. The minimum Gasteiger partial charge on any atom is -0.476 e. The molecule has 2 rings (SSSR count). The molecule has 0 bridgehead atoms. The van der Waals surface area contributed by atoms with Crippen LogP contribution in [-0.4, -0.2) is 54.8 Å². The van der Waals surface area contributed by atoms with Gasteiger partial charge in [0.2, 0.25) is 5.88 Å². The number of aryl methyl sites for hydroxylation is 1. The van der Waals surface area contributed by atoms with Crippen molar-refractivity contribution in [1.82, 2.24) is 14.9 Å². The zero-order chi connectivity index (χ0) is 20.1. The van der Waals surface area contributed by atoms with Crippen LogP contribution >= 0.6 is 0 Å². The third-order valence-corrected chi connectivity index (χ3v) is 2.87. The molecule has 25 heavy (non-hydrogen) atoms. The first kappa shape index (κ1) is 28.6. The first-order valence-electron chi connectivity index (χ1n) is 9.90. The summed E-state index contributed by atoms with van der Waals surface area (Å²) in [6, 6.07) is 0. The highest BCUT2D eigenvalue weighted by Crippen LogP contribution is 2.16. The Hall–Kier alpha value is -1.20. The summed E-state index contributed by atoms with van der Waals surface area (Å²) in [5, 5.41) is 0. The van der Waals surface area contributed by atoms with Crippen molar-refractivity contribution in [3.05, 3.63) is 18.1 Å². The Morgan fingerprint density at radius 1 is 0.960 bits per heavy atom. The monoisotopic (exact) mass is 357 g/mol. The molecule has 0 saturated carbocycles. The smallest absolute Gasteiger partial charge is 0.232 e. The van der Waals surface area contributed by atoms with Crippen LogP contribution in [0.1, 0.15) is 61.1 Å². The van der Waals surface area contributed by atoms with Crippen molar-refractivity contribution >= 4 is 0 Å². The molecule has 5 heteroatoms. The average molecular weight is 358 g/mol. The molecule has 1 saturated heterocycles. The highest BCUT2D eigenvalue weighted by Gasteiger charge is 2.26. The van der Waals surface area contributed by atoms with E-state index in [1.165, 1.54) is 0 Å². The Balaban J connectivity index is -0.000000533. The number of ether oxygens (including phenoxy) is 2. The van der Waals surface area contributed by atoms with Crippen molar-refractivity contribution in [3.63, 3.8) is 0 Å². The summed E-state index contributed by atoms with van der Waals surface area (Å²) in [6.45, 7) is 22.6. The van der Waals surface area contributed by atoms with Gasteiger partial charge in [-0.25, -0.2) is 4.98 Å². The van der Waals surface area contributed by atoms with E-state index < -0.39 is 0 Å². The maximum Gasteiger partial charge on any atom is 0.232 e. The van der Waals surface area contributed by atoms with Crippen LogP contribution in [0.2, 0.25) is 0 Å². The molecule has 0 spiro atoms. The normalized spacial score (nSPS) is 12.4. The fourth-order valence-electron chi connectivity index (χ4n) is 1.84. The minimum absolute atomic E-state index is 0.606. The van der Waals surface area contributed by atoms with Gasteiger partial charge in [0.15, 0.2) is 0 Å². The second-order valence-electron chi connectivity index (χ2n) is 4.43. The molecule has 0 unspecified atom stereocenters. The van der Waals surface area contributed by atoms with Crippen LogP contribution in [0.3, 0.4) is 0 Å². The highest BCUT2D eigenvalue weighted by atomic mass is 16.5. The molecule has 1 aromatic heterocycles. The van der Waals surface area contributed by atoms with Crippen LogP contribution in [0.15, 0.2) is 12.4 Å². The molecule has 0 aliphatic carbocycles. The molecule has 1 aliphatic rings. The molecule has 5 nitrogen and oxygen atoms in total. The van der Waals surface area contributed by atoms with Crippen LogP contribution in [0, 0.1) is 12.8 Å². The van der Waals surface area contributed by atoms with Gasteiger partial charge in [0, 0.05) is 32.7 Å². The van der Waals surface area contributed by atoms with Crippen molar-refractivity contribution in [2.45, 2.75) is 62.3 Å². The first-order valence-corrected chi connectivity index (χ1v) is 9.90. The van der Waals surface area contributed by atoms with Gasteiger partial charge in [-0.2, -0.15) is 0 Å². The van der Waals surface area contributed by atoms with Crippen molar-refractivity contribution in [2.75, 3.05) is 40.0 Å². The number of rotatable bonds is 6. The highest BCUT2D eigenvalue weighted by molar-refractivity contribution is 5.06. The molecule has 0 aromatic carbocycles. The largest absolute Gasteiger partial charge is 0.476 e. The molecule has 1 aromatic rings. The van der Waals surface area contributed by atoms with E-state index in [2.05, 4.69) is 14.9 Å². The van der Waals surface area contributed by atoms with E-state index in [1.807, 2.05) is 62.3 Å². The summed E-state index contributed by atoms with van der Waals surface area (Å²) in [7, 11) is 1.73. The van der Waals surface area contributed by atoms with Crippen LogP contribution < -0.4 is 4.74 Å². The molecule has 0 radical (unpaired) electrons. The Kier molecular flexibility index (Phi) is 26.1. The zero-order valence-corrected chi connectivity index (χ0v) is 18.4. The van der Waals surface area contributed by atoms with E-state index >= 15 is 0 Å². The van der Waals surface area contributed by atoms with Crippen molar-refractivity contribution in [2.24, 2.45) is 5.92 Å². The molecule has 0 N–H and O–H groups in total. The molecule has 2 heterocycles. The summed E-state index contributed by atoms with van der Waals surface area (Å²) < 4.78 is 10.6. The van der Waals surface area contributed by atoms with E-state index in [0.29, 0.717) is 11.8 Å². The minimum atomic E-state index is 0.606. The molecule has 0 amide bonds. The van der Waals surface area contributed by atoms with Crippen LogP contribution in [0.4, 0.5) is 0 Å². The van der Waals surface area contributed by atoms with E-state index in [0.717, 1.165) is 38.5 Å². The Morgan fingerprint density at radius 2 is 1.52 bits per heavy atom. The number of hydrogen-bond donors (Lipinski definition) is 0. The van der Waals surface area contributed by atoms with Gasteiger partial charge in [0.1, 0.15) is 0 Å². The van der Waals surface area contributed by atoms with Crippen LogP contribution in [0.25, 0.3) is 0 Å². The maximum absolute atomic E-state index is 5.59.